The van der Waals surface area contributed by atoms with Crippen LogP contribution < -0.4 is 5.32 Å². The molecule has 4 rings (SSSR count). The predicted molar refractivity (Wildman–Crippen MR) is 130 cm³/mol. The molecule has 170 valence electrons. The number of carbonyl (C=O) groups is 1. The van der Waals surface area contributed by atoms with Crippen LogP contribution in [0.4, 0.5) is 0 Å². The zero-order valence-electron chi connectivity index (χ0n) is 18.8. The van der Waals surface area contributed by atoms with E-state index in [1.165, 1.54) is 17.3 Å². The summed E-state index contributed by atoms with van der Waals surface area (Å²) in [4.78, 5) is 14.7. The number of thioether (sulfide) groups is 1. The minimum absolute atomic E-state index is 0.0492. The summed E-state index contributed by atoms with van der Waals surface area (Å²) in [6.45, 7) is 1.95. The van der Waals surface area contributed by atoms with E-state index in [1.807, 2.05) is 61.1 Å². The van der Waals surface area contributed by atoms with Crippen molar-refractivity contribution in [2.75, 3.05) is 19.8 Å². The van der Waals surface area contributed by atoms with Gasteiger partial charge in [0, 0.05) is 13.1 Å². The van der Waals surface area contributed by atoms with E-state index in [1.54, 1.807) is 6.26 Å². The van der Waals surface area contributed by atoms with Crippen LogP contribution in [0.15, 0.2) is 82.6 Å². The van der Waals surface area contributed by atoms with Crippen molar-refractivity contribution in [3.8, 4) is 11.6 Å². The predicted octanol–water partition coefficient (Wildman–Crippen LogP) is 4.06. The highest BCUT2D eigenvalue weighted by Gasteiger charge is 2.17. The van der Waals surface area contributed by atoms with Gasteiger partial charge in [0.15, 0.2) is 10.9 Å². The normalized spacial score (nSPS) is 11.1. The van der Waals surface area contributed by atoms with Gasteiger partial charge in [-0.3, -0.25) is 9.36 Å². The summed E-state index contributed by atoms with van der Waals surface area (Å²) >= 11 is 1.37. The Balaban J connectivity index is 1.40. The zero-order chi connectivity index (χ0) is 23.0. The summed E-state index contributed by atoms with van der Waals surface area (Å²) in [5.41, 5.74) is 3.43. The van der Waals surface area contributed by atoms with Crippen molar-refractivity contribution in [1.29, 1.82) is 0 Å². The van der Waals surface area contributed by atoms with Crippen LogP contribution in [-0.2, 0) is 24.4 Å². The van der Waals surface area contributed by atoms with Crippen LogP contribution in [0.5, 0.6) is 0 Å². The first kappa shape index (κ1) is 22.8. The monoisotopic (exact) mass is 461 g/mol. The zero-order valence-corrected chi connectivity index (χ0v) is 19.6. The first-order valence-electron chi connectivity index (χ1n) is 10.7. The van der Waals surface area contributed by atoms with E-state index >= 15 is 0 Å². The summed E-state index contributed by atoms with van der Waals surface area (Å²) in [6, 6.07) is 22.0. The number of nitrogens with zero attached hydrogens (tertiary/aromatic N) is 4. The smallest absolute Gasteiger partial charge is 0.230 e. The van der Waals surface area contributed by atoms with Crippen molar-refractivity contribution in [2.45, 2.75) is 24.8 Å². The van der Waals surface area contributed by atoms with Crippen molar-refractivity contribution >= 4 is 17.7 Å². The number of aromatic nitrogens is 3. The van der Waals surface area contributed by atoms with Crippen molar-refractivity contribution in [3.05, 3.63) is 89.7 Å². The number of amides is 1. The average Bonchev–Trinajstić information content (AvgIpc) is 3.47. The maximum absolute atomic E-state index is 12.5. The number of carbonyl (C=O) groups excluding carboxylic acids is 1. The van der Waals surface area contributed by atoms with Gasteiger partial charge in [0.2, 0.25) is 11.7 Å². The Hall–Kier alpha value is -3.36. The molecule has 0 bridgehead atoms. The summed E-state index contributed by atoms with van der Waals surface area (Å²) < 4.78 is 7.53. The Morgan fingerprint density at radius 3 is 2.55 bits per heavy atom. The molecular formula is C25H27N5O2S. The van der Waals surface area contributed by atoms with Gasteiger partial charge in [-0.15, -0.1) is 10.2 Å². The molecule has 8 heteroatoms. The van der Waals surface area contributed by atoms with Crippen LogP contribution in [0.3, 0.4) is 0 Å². The fourth-order valence-corrected chi connectivity index (χ4v) is 4.24. The molecule has 0 aliphatic rings. The minimum atomic E-state index is -0.0492. The number of nitrogens with one attached hydrogen (secondary N) is 1. The highest BCUT2D eigenvalue weighted by atomic mass is 32.2. The standard InChI is InChI=1S/C25H27N5O2S/c1-29(2)16-21-11-6-10-20(14-21)15-26-23(31)18-33-25-28-27-24(22-12-7-13-32-22)30(25)17-19-8-4-3-5-9-19/h3-14H,15-18H2,1-2H3,(H,26,31). The second kappa shape index (κ2) is 11.0. The van der Waals surface area contributed by atoms with Gasteiger partial charge in [-0.1, -0.05) is 66.4 Å². The summed E-state index contributed by atoms with van der Waals surface area (Å²) in [5.74, 6) is 1.49. The third kappa shape index (κ3) is 6.34. The Labute approximate surface area is 197 Å². The summed E-state index contributed by atoms with van der Waals surface area (Å²) in [7, 11) is 4.08. The molecule has 4 aromatic rings. The van der Waals surface area contributed by atoms with Crippen LogP contribution in [0.2, 0.25) is 0 Å². The highest BCUT2D eigenvalue weighted by Crippen LogP contribution is 2.25. The largest absolute Gasteiger partial charge is 0.461 e. The number of hydrogen-bond acceptors (Lipinski definition) is 6. The van der Waals surface area contributed by atoms with Gasteiger partial charge in [-0.25, -0.2) is 0 Å². The van der Waals surface area contributed by atoms with Gasteiger partial charge in [0.1, 0.15) is 0 Å². The molecule has 0 atom stereocenters. The molecule has 1 amide bonds. The van der Waals surface area contributed by atoms with E-state index < -0.39 is 0 Å². The Morgan fingerprint density at radius 2 is 1.79 bits per heavy atom. The van der Waals surface area contributed by atoms with Gasteiger partial charge in [0.25, 0.3) is 0 Å². The Kier molecular flexibility index (Phi) is 7.59. The first-order chi connectivity index (χ1) is 16.1. The number of hydrogen-bond donors (Lipinski definition) is 1. The minimum Gasteiger partial charge on any atom is -0.461 e. The first-order valence-corrected chi connectivity index (χ1v) is 11.7. The van der Waals surface area contributed by atoms with Crippen molar-refractivity contribution in [1.82, 2.24) is 25.0 Å². The molecular weight excluding hydrogens is 434 g/mol. The maximum Gasteiger partial charge on any atom is 0.230 e. The molecule has 0 aliphatic carbocycles. The van der Waals surface area contributed by atoms with E-state index in [2.05, 4.69) is 44.7 Å². The van der Waals surface area contributed by atoms with Crippen molar-refractivity contribution in [3.63, 3.8) is 0 Å². The van der Waals surface area contributed by atoms with Crippen LogP contribution in [0.1, 0.15) is 16.7 Å². The molecule has 2 aromatic carbocycles. The SMILES string of the molecule is CN(C)Cc1cccc(CNC(=O)CSc2nnc(-c3ccco3)n2Cc2ccccc2)c1. The highest BCUT2D eigenvalue weighted by molar-refractivity contribution is 7.99. The number of benzene rings is 2. The third-order valence-electron chi connectivity index (χ3n) is 4.95. The molecule has 7 nitrogen and oxygen atoms in total. The quantitative estimate of drug-likeness (QED) is 0.359. The molecule has 0 aliphatic heterocycles. The molecule has 0 radical (unpaired) electrons. The van der Waals surface area contributed by atoms with Crippen molar-refractivity contribution in [2.24, 2.45) is 0 Å². The topological polar surface area (TPSA) is 76.2 Å². The van der Waals surface area contributed by atoms with Gasteiger partial charge >= 0.3 is 0 Å². The van der Waals surface area contributed by atoms with E-state index in [4.69, 9.17) is 4.42 Å². The molecule has 0 fully saturated rings. The van der Waals surface area contributed by atoms with E-state index in [0.717, 1.165) is 17.7 Å². The van der Waals surface area contributed by atoms with Crippen LogP contribution in [-0.4, -0.2) is 45.4 Å². The molecule has 2 aromatic heterocycles. The average molecular weight is 462 g/mol. The van der Waals surface area contributed by atoms with Gasteiger partial charge in [-0.2, -0.15) is 0 Å². The lowest BCUT2D eigenvalue weighted by Gasteiger charge is -2.11. The van der Waals surface area contributed by atoms with E-state index in [9.17, 15) is 4.79 Å². The fourth-order valence-electron chi connectivity index (χ4n) is 3.48. The maximum atomic E-state index is 12.5. The lowest BCUT2D eigenvalue weighted by molar-refractivity contribution is -0.118. The number of rotatable bonds is 10. The molecule has 1 N–H and O–H groups in total. The molecule has 0 saturated carbocycles. The van der Waals surface area contributed by atoms with Crippen LogP contribution in [0.25, 0.3) is 11.6 Å². The number of furan rings is 1. The molecule has 0 saturated heterocycles. The van der Waals surface area contributed by atoms with Gasteiger partial charge in [0.05, 0.1) is 18.6 Å². The molecule has 0 unspecified atom stereocenters. The third-order valence-corrected chi connectivity index (χ3v) is 5.92. The Morgan fingerprint density at radius 1 is 1.00 bits per heavy atom. The van der Waals surface area contributed by atoms with Crippen LogP contribution in [0, 0.1) is 0 Å². The van der Waals surface area contributed by atoms with Gasteiger partial charge < -0.3 is 14.6 Å². The lowest BCUT2D eigenvalue weighted by atomic mass is 10.1. The van der Waals surface area contributed by atoms with E-state index in [0.29, 0.717) is 29.8 Å². The summed E-state index contributed by atoms with van der Waals surface area (Å²) in [5, 5.41) is 12.3. The molecule has 2 heterocycles. The van der Waals surface area contributed by atoms with Crippen LogP contribution >= 0.6 is 11.8 Å². The van der Waals surface area contributed by atoms with Crippen molar-refractivity contribution < 1.29 is 9.21 Å². The molecule has 0 spiro atoms. The lowest BCUT2D eigenvalue weighted by Crippen LogP contribution is -2.25. The second-order valence-electron chi connectivity index (χ2n) is 7.98. The van der Waals surface area contributed by atoms with Gasteiger partial charge in [-0.05, 0) is 42.9 Å². The fraction of sp³-hybridized carbons (Fsp3) is 0.240. The van der Waals surface area contributed by atoms with E-state index in [-0.39, 0.29) is 11.7 Å². The second-order valence-corrected chi connectivity index (χ2v) is 8.92. The Bertz CT molecular complexity index is 1170. The summed E-state index contributed by atoms with van der Waals surface area (Å²) in [6.07, 6.45) is 1.62. The molecule has 33 heavy (non-hydrogen) atoms.